The molecule has 0 aliphatic heterocycles. The van der Waals surface area contributed by atoms with Crippen molar-refractivity contribution in [3.05, 3.63) is 71.7 Å². The highest BCUT2D eigenvalue weighted by atomic mass is 16.5. The first-order chi connectivity index (χ1) is 11.7. The van der Waals surface area contributed by atoms with Gasteiger partial charge in [-0.25, -0.2) is 0 Å². The van der Waals surface area contributed by atoms with E-state index in [1.807, 2.05) is 24.3 Å². The fourth-order valence-corrected chi connectivity index (χ4v) is 2.27. The van der Waals surface area contributed by atoms with Crippen LogP contribution in [-0.4, -0.2) is 22.6 Å². The van der Waals surface area contributed by atoms with Gasteiger partial charge in [0, 0.05) is 24.5 Å². The molecule has 1 aromatic carbocycles. The Bertz CT molecular complexity index is 815. The second-order valence-corrected chi connectivity index (χ2v) is 5.37. The Morgan fingerprint density at radius 2 is 2.00 bits per heavy atom. The van der Waals surface area contributed by atoms with Crippen LogP contribution in [0.15, 0.2) is 59.3 Å². The van der Waals surface area contributed by atoms with Gasteiger partial charge in [0.05, 0.1) is 0 Å². The molecule has 0 saturated heterocycles. The largest absolute Gasteiger partial charge is 0.385 e. The number of benzene rings is 1. The molecule has 24 heavy (non-hydrogen) atoms. The van der Waals surface area contributed by atoms with Crippen molar-refractivity contribution in [2.45, 2.75) is 13.3 Å². The van der Waals surface area contributed by atoms with Crippen molar-refractivity contribution in [1.82, 2.24) is 10.1 Å². The summed E-state index contributed by atoms with van der Waals surface area (Å²) < 4.78 is 4.92. The highest BCUT2D eigenvalue weighted by Crippen LogP contribution is 2.12. The third kappa shape index (κ3) is 4.19. The summed E-state index contributed by atoms with van der Waals surface area (Å²) in [5, 5.41) is 9.69. The normalized spacial score (nSPS) is 10.4. The number of nitrogens with one attached hydrogen (secondary N) is 2. The van der Waals surface area contributed by atoms with Crippen molar-refractivity contribution in [3.8, 4) is 0 Å². The Labute approximate surface area is 139 Å². The predicted octanol–water partition coefficient (Wildman–Crippen LogP) is 3.28. The zero-order valence-electron chi connectivity index (χ0n) is 13.3. The van der Waals surface area contributed by atoms with Crippen molar-refractivity contribution in [2.75, 3.05) is 17.2 Å². The molecule has 1 amide bonds. The molecular weight excluding hydrogens is 304 g/mol. The van der Waals surface area contributed by atoms with Crippen LogP contribution in [0.5, 0.6) is 0 Å². The predicted molar refractivity (Wildman–Crippen MR) is 92.1 cm³/mol. The van der Waals surface area contributed by atoms with Gasteiger partial charge in [0.2, 0.25) is 0 Å². The minimum absolute atomic E-state index is 0.320. The van der Waals surface area contributed by atoms with E-state index < -0.39 is 0 Å². The number of anilines is 2. The van der Waals surface area contributed by atoms with Gasteiger partial charge in [-0.2, -0.15) is 0 Å². The van der Waals surface area contributed by atoms with Gasteiger partial charge < -0.3 is 15.2 Å². The van der Waals surface area contributed by atoms with Crippen LogP contribution in [0.3, 0.4) is 0 Å². The standard InChI is InChI=1S/C18H18N4O2/c1-13-11-17(22-24-13)21-18(23)16-12-15(8-10-20-16)19-9-7-14-5-3-2-4-6-14/h2-6,8,10-12H,7,9H2,1H3,(H,19,20)(H,21,22,23). The van der Waals surface area contributed by atoms with Crippen molar-refractivity contribution < 1.29 is 9.32 Å². The number of hydrogen-bond acceptors (Lipinski definition) is 5. The summed E-state index contributed by atoms with van der Waals surface area (Å²) in [7, 11) is 0. The average Bonchev–Trinajstić information content (AvgIpc) is 3.01. The third-order valence-electron chi connectivity index (χ3n) is 3.45. The fraction of sp³-hybridized carbons (Fsp3) is 0.167. The summed E-state index contributed by atoms with van der Waals surface area (Å²) in [6.07, 6.45) is 2.51. The van der Waals surface area contributed by atoms with E-state index in [2.05, 4.69) is 32.9 Å². The molecular formula is C18H18N4O2. The monoisotopic (exact) mass is 322 g/mol. The molecule has 0 aliphatic rings. The van der Waals surface area contributed by atoms with Crippen molar-refractivity contribution in [3.63, 3.8) is 0 Å². The molecule has 2 N–H and O–H groups in total. The molecule has 0 spiro atoms. The summed E-state index contributed by atoms with van der Waals surface area (Å²) in [5.74, 6) is 0.686. The number of rotatable bonds is 6. The molecule has 3 aromatic rings. The van der Waals surface area contributed by atoms with Crippen molar-refractivity contribution in [1.29, 1.82) is 0 Å². The molecule has 122 valence electrons. The first-order valence-electron chi connectivity index (χ1n) is 7.69. The maximum Gasteiger partial charge on any atom is 0.275 e. The Morgan fingerprint density at radius 1 is 1.17 bits per heavy atom. The van der Waals surface area contributed by atoms with E-state index in [1.54, 1.807) is 25.3 Å². The lowest BCUT2D eigenvalue weighted by molar-refractivity contribution is 0.102. The Balaban J connectivity index is 1.58. The lowest BCUT2D eigenvalue weighted by Crippen LogP contribution is -2.14. The molecule has 0 aliphatic carbocycles. The van der Waals surface area contributed by atoms with Crippen LogP contribution in [0, 0.1) is 6.92 Å². The number of carbonyl (C=O) groups excluding carboxylic acids is 1. The molecule has 0 saturated carbocycles. The van der Waals surface area contributed by atoms with Gasteiger partial charge in [-0.1, -0.05) is 35.5 Å². The van der Waals surface area contributed by atoms with Crippen LogP contribution < -0.4 is 10.6 Å². The van der Waals surface area contributed by atoms with E-state index >= 15 is 0 Å². The average molecular weight is 322 g/mol. The van der Waals surface area contributed by atoms with E-state index in [-0.39, 0.29) is 5.91 Å². The summed E-state index contributed by atoms with van der Waals surface area (Å²) in [4.78, 5) is 16.3. The molecule has 2 heterocycles. The van der Waals surface area contributed by atoms with Crippen LogP contribution >= 0.6 is 0 Å². The van der Waals surface area contributed by atoms with Crippen LogP contribution in [0.2, 0.25) is 0 Å². The second-order valence-electron chi connectivity index (χ2n) is 5.37. The third-order valence-corrected chi connectivity index (χ3v) is 3.45. The SMILES string of the molecule is Cc1cc(NC(=O)c2cc(NCCc3ccccc3)ccn2)no1. The summed E-state index contributed by atoms with van der Waals surface area (Å²) in [6.45, 7) is 2.54. The quantitative estimate of drug-likeness (QED) is 0.728. The Hall–Kier alpha value is -3.15. The van der Waals surface area contributed by atoms with Crippen LogP contribution in [0.25, 0.3) is 0 Å². The molecule has 6 nitrogen and oxygen atoms in total. The minimum Gasteiger partial charge on any atom is -0.385 e. The van der Waals surface area contributed by atoms with E-state index in [4.69, 9.17) is 4.52 Å². The van der Waals surface area contributed by atoms with E-state index in [0.29, 0.717) is 17.3 Å². The smallest absolute Gasteiger partial charge is 0.275 e. The molecule has 0 unspecified atom stereocenters. The van der Waals surface area contributed by atoms with E-state index in [9.17, 15) is 4.79 Å². The highest BCUT2D eigenvalue weighted by molar-refractivity contribution is 6.02. The Morgan fingerprint density at radius 3 is 2.75 bits per heavy atom. The first kappa shape index (κ1) is 15.7. The second kappa shape index (κ2) is 7.41. The van der Waals surface area contributed by atoms with Crippen molar-refractivity contribution in [2.24, 2.45) is 0 Å². The number of pyridine rings is 1. The van der Waals surface area contributed by atoms with Gasteiger partial charge in [0.1, 0.15) is 11.5 Å². The minimum atomic E-state index is -0.324. The molecule has 0 radical (unpaired) electrons. The van der Waals surface area contributed by atoms with Gasteiger partial charge in [-0.05, 0) is 31.0 Å². The number of nitrogens with zero attached hydrogens (tertiary/aromatic N) is 2. The summed E-state index contributed by atoms with van der Waals surface area (Å²) >= 11 is 0. The van der Waals surface area contributed by atoms with Crippen molar-refractivity contribution >= 4 is 17.4 Å². The lowest BCUT2D eigenvalue weighted by atomic mass is 10.1. The maximum atomic E-state index is 12.2. The van der Waals surface area contributed by atoms with Crippen LogP contribution in [0.1, 0.15) is 21.8 Å². The zero-order valence-corrected chi connectivity index (χ0v) is 13.3. The van der Waals surface area contributed by atoms with E-state index in [0.717, 1.165) is 18.7 Å². The molecule has 0 fully saturated rings. The van der Waals surface area contributed by atoms with Crippen LogP contribution in [-0.2, 0) is 6.42 Å². The van der Waals surface area contributed by atoms with Gasteiger partial charge in [-0.15, -0.1) is 0 Å². The highest BCUT2D eigenvalue weighted by Gasteiger charge is 2.10. The van der Waals surface area contributed by atoms with Gasteiger partial charge in [-0.3, -0.25) is 9.78 Å². The molecule has 2 aromatic heterocycles. The first-order valence-corrected chi connectivity index (χ1v) is 7.69. The number of aryl methyl sites for hydroxylation is 1. The molecule has 0 atom stereocenters. The molecule has 3 rings (SSSR count). The summed E-state index contributed by atoms with van der Waals surface area (Å²) in [5.41, 5.74) is 2.43. The topological polar surface area (TPSA) is 80.0 Å². The van der Waals surface area contributed by atoms with Gasteiger partial charge >= 0.3 is 0 Å². The number of amides is 1. The fourth-order valence-electron chi connectivity index (χ4n) is 2.27. The van der Waals surface area contributed by atoms with Gasteiger partial charge in [0.15, 0.2) is 5.82 Å². The number of carbonyl (C=O) groups is 1. The molecule has 0 bridgehead atoms. The van der Waals surface area contributed by atoms with Crippen LogP contribution in [0.4, 0.5) is 11.5 Å². The number of aromatic nitrogens is 2. The van der Waals surface area contributed by atoms with Gasteiger partial charge in [0.25, 0.3) is 5.91 Å². The molecule has 6 heteroatoms. The van der Waals surface area contributed by atoms with E-state index in [1.165, 1.54) is 5.56 Å². The lowest BCUT2D eigenvalue weighted by Gasteiger charge is -2.08. The zero-order chi connectivity index (χ0) is 16.8. The maximum absolute atomic E-state index is 12.2. The Kier molecular flexibility index (Phi) is 4.86. The summed E-state index contributed by atoms with van der Waals surface area (Å²) in [6, 6.07) is 15.4. The number of hydrogen-bond donors (Lipinski definition) is 2.